The Balaban J connectivity index is 2.46. The molecule has 112 valence electrons. The molecule has 0 unspecified atom stereocenters. The number of sulfonamides is 1. The van der Waals surface area contributed by atoms with E-state index in [1.165, 1.54) is 13.0 Å². The highest BCUT2D eigenvalue weighted by molar-refractivity contribution is 7.92. The van der Waals surface area contributed by atoms with E-state index in [0.717, 1.165) is 12.1 Å². The highest BCUT2D eigenvalue weighted by Gasteiger charge is 2.27. The predicted octanol–water partition coefficient (Wildman–Crippen LogP) is 1.13. The second-order valence-electron chi connectivity index (χ2n) is 3.94. The summed E-state index contributed by atoms with van der Waals surface area (Å²) in [7, 11) is -2.65. The Morgan fingerprint density at radius 2 is 2.10 bits per heavy atom. The molecule has 0 aliphatic heterocycles. The molecule has 0 amide bonds. The van der Waals surface area contributed by atoms with Gasteiger partial charge in [-0.1, -0.05) is 5.16 Å². The van der Waals surface area contributed by atoms with E-state index in [1.54, 1.807) is 7.05 Å². The average Bonchev–Trinajstić information content (AvgIpc) is 2.82. The second kappa shape index (κ2) is 5.36. The third kappa shape index (κ3) is 3.08. The molecule has 0 radical (unpaired) electrons. The molecule has 21 heavy (non-hydrogen) atoms. The van der Waals surface area contributed by atoms with Crippen LogP contribution in [0.4, 0.5) is 17.4 Å². The number of nitrogens with zero attached hydrogens (tertiary/aromatic N) is 3. The molecule has 0 aliphatic rings. The number of rotatable bonds is 5. The summed E-state index contributed by atoms with van der Waals surface area (Å²) in [4.78, 5) is 13.4. The van der Waals surface area contributed by atoms with E-state index in [2.05, 4.69) is 20.0 Å². The Hall–Kier alpha value is -2.69. The summed E-state index contributed by atoms with van der Waals surface area (Å²) in [6.45, 7) is 1.51. The molecule has 0 atom stereocenters. The lowest BCUT2D eigenvalue weighted by Crippen LogP contribution is -2.15. The Kier molecular flexibility index (Phi) is 3.76. The number of anilines is 2. The van der Waals surface area contributed by atoms with Crippen LogP contribution in [-0.2, 0) is 10.0 Å². The Labute approximate surface area is 119 Å². The number of nitro benzene ring substituents is 1. The van der Waals surface area contributed by atoms with Gasteiger partial charge in [-0.15, -0.1) is 0 Å². The number of hydrogen-bond donors (Lipinski definition) is 2. The number of nitro groups is 1. The first-order valence-corrected chi connectivity index (χ1v) is 7.11. The van der Waals surface area contributed by atoms with Crippen molar-refractivity contribution in [1.82, 2.24) is 10.1 Å². The van der Waals surface area contributed by atoms with E-state index in [0.29, 0.717) is 5.69 Å². The summed E-state index contributed by atoms with van der Waals surface area (Å²) in [6, 6.07) is 3.28. The van der Waals surface area contributed by atoms with Gasteiger partial charge in [0.2, 0.25) is 0 Å². The van der Waals surface area contributed by atoms with Crippen LogP contribution in [0.2, 0.25) is 0 Å². The predicted molar refractivity (Wildman–Crippen MR) is 72.5 cm³/mol. The summed E-state index contributed by atoms with van der Waals surface area (Å²) in [6.07, 6.45) is 0. The van der Waals surface area contributed by atoms with Crippen LogP contribution in [0.5, 0.6) is 0 Å². The van der Waals surface area contributed by atoms with Crippen molar-refractivity contribution in [1.29, 1.82) is 0 Å². The van der Waals surface area contributed by atoms with Gasteiger partial charge < -0.3 is 9.84 Å². The molecule has 0 aliphatic carbocycles. The lowest BCUT2D eigenvalue weighted by molar-refractivity contribution is -0.387. The van der Waals surface area contributed by atoms with Crippen molar-refractivity contribution in [3.63, 3.8) is 0 Å². The summed E-state index contributed by atoms with van der Waals surface area (Å²) in [5, 5.41) is 17.1. The van der Waals surface area contributed by atoms with Crippen molar-refractivity contribution in [2.75, 3.05) is 17.1 Å². The zero-order chi connectivity index (χ0) is 15.6. The Morgan fingerprint density at radius 3 is 2.62 bits per heavy atom. The molecule has 1 aromatic carbocycles. The number of aromatic nitrogens is 2. The maximum atomic E-state index is 12.2. The fraction of sp³-hybridized carbons (Fsp3) is 0.200. The maximum Gasteiger partial charge on any atom is 0.335 e. The Morgan fingerprint density at radius 1 is 1.38 bits per heavy atom. The minimum Gasteiger partial charge on any atom is -0.388 e. The van der Waals surface area contributed by atoms with Crippen LogP contribution < -0.4 is 10.0 Å². The van der Waals surface area contributed by atoms with Crippen molar-refractivity contribution in [2.45, 2.75) is 11.8 Å². The third-order valence-corrected chi connectivity index (χ3v) is 3.85. The first-order valence-electron chi connectivity index (χ1n) is 5.63. The zero-order valence-corrected chi connectivity index (χ0v) is 11.8. The molecule has 2 N–H and O–H groups in total. The van der Waals surface area contributed by atoms with Gasteiger partial charge in [-0.25, -0.2) is 13.1 Å². The van der Waals surface area contributed by atoms with Crippen LogP contribution in [0, 0.1) is 17.0 Å². The van der Waals surface area contributed by atoms with Gasteiger partial charge in [-0.3, -0.25) is 10.1 Å². The van der Waals surface area contributed by atoms with Gasteiger partial charge in [-0.2, -0.15) is 4.98 Å². The molecule has 0 saturated heterocycles. The topological polar surface area (TPSA) is 140 Å². The first kappa shape index (κ1) is 14.7. The van der Waals surface area contributed by atoms with Gasteiger partial charge in [0.1, 0.15) is 0 Å². The van der Waals surface area contributed by atoms with Crippen LogP contribution in [0.1, 0.15) is 5.82 Å². The summed E-state index contributed by atoms with van der Waals surface area (Å²) in [5.41, 5.74) is -0.153. The molecular weight excluding hydrogens is 302 g/mol. The molecule has 2 rings (SSSR count). The zero-order valence-electron chi connectivity index (χ0n) is 11.0. The second-order valence-corrected chi connectivity index (χ2v) is 5.59. The maximum absolute atomic E-state index is 12.2. The fourth-order valence-corrected chi connectivity index (χ4v) is 2.63. The number of benzene rings is 1. The van der Waals surface area contributed by atoms with E-state index in [9.17, 15) is 18.5 Å². The standard InChI is InChI=1S/C10H11N5O5S/c1-6-12-10(20-13-6)14-21(18,19)9-4-3-7(11-2)5-8(9)15(16)17/h3-5,11H,1-2H3,(H,12,13,14). The molecule has 0 bridgehead atoms. The summed E-state index contributed by atoms with van der Waals surface area (Å²) >= 11 is 0. The van der Waals surface area contributed by atoms with Crippen LogP contribution >= 0.6 is 0 Å². The van der Waals surface area contributed by atoms with Crippen molar-refractivity contribution in [2.24, 2.45) is 0 Å². The fourth-order valence-electron chi connectivity index (χ4n) is 1.55. The molecular formula is C10H11N5O5S. The summed E-state index contributed by atoms with van der Waals surface area (Å²) in [5.74, 6) is 0.229. The summed E-state index contributed by atoms with van der Waals surface area (Å²) < 4.78 is 31.0. The van der Waals surface area contributed by atoms with E-state index < -0.39 is 25.5 Å². The molecule has 0 fully saturated rings. The highest BCUT2D eigenvalue weighted by atomic mass is 32.2. The molecule has 0 spiro atoms. The van der Waals surface area contributed by atoms with Crippen LogP contribution in [0.15, 0.2) is 27.6 Å². The normalized spacial score (nSPS) is 11.1. The third-order valence-electron chi connectivity index (χ3n) is 2.48. The van der Waals surface area contributed by atoms with Crippen LogP contribution in [0.3, 0.4) is 0 Å². The van der Waals surface area contributed by atoms with E-state index >= 15 is 0 Å². The van der Waals surface area contributed by atoms with Crippen molar-refractivity contribution in [3.8, 4) is 0 Å². The quantitative estimate of drug-likeness (QED) is 0.618. The van der Waals surface area contributed by atoms with Gasteiger partial charge in [0.15, 0.2) is 10.7 Å². The van der Waals surface area contributed by atoms with Gasteiger partial charge in [0.05, 0.1) is 4.92 Å². The molecule has 11 heteroatoms. The number of hydrogen-bond acceptors (Lipinski definition) is 8. The molecule has 1 heterocycles. The van der Waals surface area contributed by atoms with Gasteiger partial charge in [0, 0.05) is 18.8 Å². The molecule has 0 saturated carbocycles. The lowest BCUT2D eigenvalue weighted by atomic mass is 10.3. The minimum absolute atomic E-state index is 0.229. The van der Waals surface area contributed by atoms with Crippen molar-refractivity contribution in [3.05, 3.63) is 34.1 Å². The molecule has 10 nitrogen and oxygen atoms in total. The van der Waals surface area contributed by atoms with E-state index in [-0.39, 0.29) is 11.8 Å². The van der Waals surface area contributed by atoms with E-state index in [1.807, 2.05) is 4.72 Å². The highest BCUT2D eigenvalue weighted by Crippen LogP contribution is 2.28. The van der Waals surface area contributed by atoms with Gasteiger partial charge in [0.25, 0.3) is 15.7 Å². The van der Waals surface area contributed by atoms with Crippen LogP contribution in [-0.4, -0.2) is 30.5 Å². The number of aryl methyl sites for hydroxylation is 1. The SMILES string of the molecule is CNc1ccc(S(=O)(=O)Nc2nc(C)no2)c([N+](=O)[O-])c1. The lowest BCUT2D eigenvalue weighted by Gasteiger charge is -2.06. The average molecular weight is 313 g/mol. The Bertz CT molecular complexity index is 785. The van der Waals surface area contributed by atoms with Gasteiger partial charge in [-0.05, 0) is 19.1 Å². The van der Waals surface area contributed by atoms with Crippen molar-refractivity contribution < 1.29 is 17.9 Å². The largest absolute Gasteiger partial charge is 0.388 e. The number of nitrogens with one attached hydrogen (secondary N) is 2. The van der Waals surface area contributed by atoms with Crippen molar-refractivity contribution >= 4 is 27.4 Å². The van der Waals surface area contributed by atoms with E-state index in [4.69, 9.17) is 0 Å². The molecule has 1 aromatic heterocycles. The monoisotopic (exact) mass is 313 g/mol. The van der Waals surface area contributed by atoms with Crippen LogP contribution in [0.25, 0.3) is 0 Å². The molecule has 2 aromatic rings. The smallest absolute Gasteiger partial charge is 0.335 e. The minimum atomic E-state index is -4.22. The van der Waals surface area contributed by atoms with Gasteiger partial charge >= 0.3 is 6.01 Å². The first-order chi connectivity index (χ1) is 9.83.